The molecule has 0 saturated carbocycles. The zero-order chi connectivity index (χ0) is 18.5. The molecule has 0 radical (unpaired) electrons. The largest absolute Gasteiger partial charge is 0.335 e. The Morgan fingerprint density at radius 3 is 2.69 bits per heavy atom. The SMILES string of the molecule is C=CC(=O)Nc1cccc(F)c1C(=O)N1CCNC(c2ccccc2)C1. The van der Waals surface area contributed by atoms with Crippen LogP contribution in [0.4, 0.5) is 10.1 Å². The standard InChI is InChI=1S/C20H20FN3O2/c1-2-18(25)23-16-10-6-9-15(21)19(16)20(26)24-12-11-22-17(13-24)14-7-4-3-5-8-14/h2-10,17,22H,1,11-13H2,(H,23,25). The number of carbonyl (C=O) groups excluding carboxylic acids is 2. The number of halogens is 1. The Morgan fingerprint density at radius 2 is 1.96 bits per heavy atom. The molecule has 0 bridgehead atoms. The molecule has 1 fully saturated rings. The number of hydrogen-bond acceptors (Lipinski definition) is 3. The van der Waals surface area contributed by atoms with Gasteiger partial charge in [-0.1, -0.05) is 43.0 Å². The molecule has 0 aliphatic carbocycles. The van der Waals surface area contributed by atoms with Gasteiger partial charge in [-0.25, -0.2) is 4.39 Å². The van der Waals surface area contributed by atoms with Crippen LogP contribution < -0.4 is 10.6 Å². The molecule has 2 aromatic rings. The fourth-order valence-electron chi connectivity index (χ4n) is 3.03. The smallest absolute Gasteiger partial charge is 0.259 e. The topological polar surface area (TPSA) is 61.4 Å². The molecule has 2 amide bonds. The highest BCUT2D eigenvalue weighted by atomic mass is 19.1. The summed E-state index contributed by atoms with van der Waals surface area (Å²) in [6, 6.07) is 14.0. The Labute approximate surface area is 151 Å². The van der Waals surface area contributed by atoms with Gasteiger partial charge in [-0.2, -0.15) is 0 Å². The van der Waals surface area contributed by atoms with Crippen LogP contribution in [0.15, 0.2) is 61.2 Å². The first kappa shape index (κ1) is 17.8. The summed E-state index contributed by atoms with van der Waals surface area (Å²) in [5.41, 5.74) is 1.09. The lowest BCUT2D eigenvalue weighted by molar-refractivity contribution is -0.111. The van der Waals surface area contributed by atoms with Gasteiger partial charge >= 0.3 is 0 Å². The van der Waals surface area contributed by atoms with E-state index < -0.39 is 17.6 Å². The van der Waals surface area contributed by atoms with Crippen molar-refractivity contribution in [1.82, 2.24) is 10.2 Å². The van der Waals surface area contributed by atoms with Gasteiger partial charge in [0.2, 0.25) is 5.91 Å². The van der Waals surface area contributed by atoms with E-state index in [1.165, 1.54) is 18.2 Å². The zero-order valence-electron chi connectivity index (χ0n) is 14.2. The Hall–Kier alpha value is -2.99. The van der Waals surface area contributed by atoms with Crippen molar-refractivity contribution in [1.29, 1.82) is 0 Å². The number of rotatable bonds is 4. The van der Waals surface area contributed by atoms with Gasteiger partial charge in [0.25, 0.3) is 5.91 Å². The maximum Gasteiger partial charge on any atom is 0.259 e. The highest BCUT2D eigenvalue weighted by molar-refractivity contribution is 6.06. The minimum absolute atomic E-state index is 0.0214. The predicted molar refractivity (Wildman–Crippen MR) is 98.3 cm³/mol. The summed E-state index contributed by atoms with van der Waals surface area (Å²) < 4.78 is 14.4. The molecule has 5 nitrogen and oxygen atoms in total. The maximum atomic E-state index is 14.4. The Balaban J connectivity index is 1.85. The first-order valence-electron chi connectivity index (χ1n) is 8.39. The number of amides is 2. The summed E-state index contributed by atoms with van der Waals surface area (Å²) in [5.74, 6) is -1.59. The number of nitrogens with zero attached hydrogens (tertiary/aromatic N) is 1. The van der Waals surface area contributed by atoms with Crippen LogP contribution in [0.3, 0.4) is 0 Å². The normalized spacial score (nSPS) is 16.8. The molecular weight excluding hydrogens is 333 g/mol. The number of anilines is 1. The van der Waals surface area contributed by atoms with E-state index in [-0.39, 0.29) is 17.3 Å². The number of benzene rings is 2. The molecule has 1 saturated heterocycles. The van der Waals surface area contributed by atoms with Crippen LogP contribution in [0.5, 0.6) is 0 Å². The van der Waals surface area contributed by atoms with Crippen molar-refractivity contribution in [3.8, 4) is 0 Å². The summed E-state index contributed by atoms with van der Waals surface area (Å²) in [6.45, 7) is 4.87. The number of nitrogens with one attached hydrogen (secondary N) is 2. The molecule has 6 heteroatoms. The van der Waals surface area contributed by atoms with Gasteiger partial charge in [0, 0.05) is 25.7 Å². The number of carbonyl (C=O) groups is 2. The van der Waals surface area contributed by atoms with Crippen LogP contribution >= 0.6 is 0 Å². The highest BCUT2D eigenvalue weighted by Crippen LogP contribution is 2.24. The van der Waals surface area contributed by atoms with Gasteiger partial charge in [0.15, 0.2) is 0 Å². The minimum atomic E-state index is -0.661. The molecule has 1 unspecified atom stereocenters. The van der Waals surface area contributed by atoms with Crippen LogP contribution in [-0.2, 0) is 4.79 Å². The van der Waals surface area contributed by atoms with E-state index in [2.05, 4.69) is 17.2 Å². The van der Waals surface area contributed by atoms with Crippen molar-refractivity contribution in [2.45, 2.75) is 6.04 Å². The third-order valence-electron chi connectivity index (χ3n) is 4.34. The molecule has 0 spiro atoms. The van der Waals surface area contributed by atoms with Gasteiger partial charge in [0.1, 0.15) is 5.82 Å². The van der Waals surface area contributed by atoms with E-state index in [1.54, 1.807) is 4.90 Å². The molecule has 1 aliphatic rings. The van der Waals surface area contributed by atoms with E-state index in [4.69, 9.17) is 0 Å². The van der Waals surface area contributed by atoms with Crippen LogP contribution in [0.25, 0.3) is 0 Å². The molecule has 1 atom stereocenters. The second-order valence-electron chi connectivity index (χ2n) is 6.02. The van der Waals surface area contributed by atoms with Gasteiger partial charge in [-0.3, -0.25) is 9.59 Å². The summed E-state index contributed by atoms with van der Waals surface area (Å²) in [4.78, 5) is 26.2. The Morgan fingerprint density at radius 1 is 1.19 bits per heavy atom. The van der Waals surface area contributed by atoms with Crippen LogP contribution in [0, 0.1) is 5.82 Å². The average molecular weight is 353 g/mol. The van der Waals surface area contributed by atoms with Crippen LogP contribution in [0.1, 0.15) is 22.0 Å². The summed E-state index contributed by atoms with van der Waals surface area (Å²) in [6.07, 6.45) is 1.08. The molecule has 0 aromatic heterocycles. The van der Waals surface area contributed by atoms with Gasteiger partial charge in [-0.15, -0.1) is 0 Å². The van der Waals surface area contributed by atoms with E-state index in [0.717, 1.165) is 11.6 Å². The molecule has 1 heterocycles. The van der Waals surface area contributed by atoms with Crippen molar-refractivity contribution in [3.05, 3.63) is 78.1 Å². The summed E-state index contributed by atoms with van der Waals surface area (Å²) >= 11 is 0. The summed E-state index contributed by atoms with van der Waals surface area (Å²) in [5, 5.41) is 5.88. The fraction of sp³-hybridized carbons (Fsp3) is 0.200. The van der Waals surface area contributed by atoms with Crippen molar-refractivity contribution in [2.24, 2.45) is 0 Å². The van der Waals surface area contributed by atoms with Crippen molar-refractivity contribution in [3.63, 3.8) is 0 Å². The lowest BCUT2D eigenvalue weighted by Gasteiger charge is -2.34. The molecular formula is C20H20FN3O2. The van der Waals surface area contributed by atoms with Crippen molar-refractivity contribution >= 4 is 17.5 Å². The fourth-order valence-corrected chi connectivity index (χ4v) is 3.03. The highest BCUT2D eigenvalue weighted by Gasteiger charge is 2.28. The molecule has 2 aromatic carbocycles. The minimum Gasteiger partial charge on any atom is -0.335 e. The third kappa shape index (κ3) is 3.81. The van der Waals surface area contributed by atoms with Crippen molar-refractivity contribution < 1.29 is 14.0 Å². The molecule has 26 heavy (non-hydrogen) atoms. The van der Waals surface area contributed by atoms with E-state index in [9.17, 15) is 14.0 Å². The Bertz CT molecular complexity index is 823. The van der Waals surface area contributed by atoms with E-state index in [1.807, 2.05) is 30.3 Å². The number of piperazine rings is 1. The zero-order valence-corrected chi connectivity index (χ0v) is 14.2. The molecule has 1 aliphatic heterocycles. The second-order valence-corrected chi connectivity index (χ2v) is 6.02. The lowest BCUT2D eigenvalue weighted by atomic mass is 10.0. The molecule has 2 N–H and O–H groups in total. The monoisotopic (exact) mass is 353 g/mol. The van der Waals surface area contributed by atoms with Gasteiger partial charge < -0.3 is 15.5 Å². The maximum absolute atomic E-state index is 14.4. The van der Waals surface area contributed by atoms with Crippen LogP contribution in [-0.4, -0.2) is 36.3 Å². The average Bonchev–Trinajstić information content (AvgIpc) is 2.68. The van der Waals surface area contributed by atoms with Crippen molar-refractivity contribution in [2.75, 3.05) is 25.0 Å². The second kappa shape index (κ2) is 7.93. The lowest BCUT2D eigenvalue weighted by Crippen LogP contribution is -2.48. The summed E-state index contributed by atoms with van der Waals surface area (Å²) in [7, 11) is 0. The predicted octanol–water partition coefficient (Wildman–Crippen LogP) is 2.74. The molecule has 134 valence electrons. The third-order valence-corrected chi connectivity index (χ3v) is 4.34. The first-order valence-corrected chi connectivity index (χ1v) is 8.39. The molecule has 3 rings (SSSR count). The Kier molecular flexibility index (Phi) is 5.43. The quantitative estimate of drug-likeness (QED) is 0.831. The van der Waals surface area contributed by atoms with Gasteiger partial charge in [-0.05, 0) is 23.8 Å². The van der Waals surface area contributed by atoms with E-state index >= 15 is 0 Å². The first-order chi connectivity index (χ1) is 12.6. The van der Waals surface area contributed by atoms with Gasteiger partial charge in [0.05, 0.1) is 11.3 Å². The van der Waals surface area contributed by atoms with E-state index in [0.29, 0.717) is 19.6 Å². The van der Waals surface area contributed by atoms with Crippen LogP contribution in [0.2, 0.25) is 0 Å². The number of hydrogen-bond donors (Lipinski definition) is 2.